The van der Waals surface area contributed by atoms with Gasteiger partial charge in [0.25, 0.3) is 5.91 Å². The van der Waals surface area contributed by atoms with Crippen molar-refractivity contribution in [3.05, 3.63) is 106 Å². The van der Waals surface area contributed by atoms with Crippen LogP contribution >= 0.6 is 0 Å². The number of benzene rings is 2. The van der Waals surface area contributed by atoms with E-state index in [9.17, 15) is 35.9 Å². The Morgan fingerprint density at radius 1 is 1.07 bits per heavy atom. The van der Waals surface area contributed by atoms with E-state index >= 15 is 0 Å². The van der Waals surface area contributed by atoms with Gasteiger partial charge in [-0.2, -0.15) is 18.3 Å². The number of amides is 2. The van der Waals surface area contributed by atoms with Crippen LogP contribution in [0.25, 0.3) is 11.1 Å². The highest BCUT2D eigenvalue weighted by molar-refractivity contribution is 5.94. The normalized spacial score (nSPS) is 17.7. The van der Waals surface area contributed by atoms with Gasteiger partial charge in [-0.3, -0.25) is 19.3 Å². The van der Waals surface area contributed by atoms with E-state index in [4.69, 9.17) is 5.73 Å². The summed E-state index contributed by atoms with van der Waals surface area (Å²) in [5.74, 6) is -4.37. The first-order valence-electron chi connectivity index (χ1n) is 13.3. The summed E-state index contributed by atoms with van der Waals surface area (Å²) in [6.07, 6.45) is -2.38. The van der Waals surface area contributed by atoms with Crippen molar-refractivity contribution in [2.75, 3.05) is 0 Å². The summed E-state index contributed by atoms with van der Waals surface area (Å²) in [5.41, 5.74) is 5.49. The number of nitrogens with zero attached hydrogens (tertiary/aromatic N) is 3. The molecule has 222 valence electrons. The van der Waals surface area contributed by atoms with Crippen molar-refractivity contribution in [2.24, 2.45) is 11.7 Å². The number of carbonyl (C=O) groups excluding carboxylic acids is 2. The SMILES string of the molecule is NC(=O)c1cc(-c2cccnc2[C@H](Cc2cc(F)cc(F)c2)NC(=O)Cn2nc(C(F)(F)F)c3c2C[C@@H]2C[C@H]32)ccc1F. The molecule has 2 aliphatic carbocycles. The topological polar surface area (TPSA) is 103 Å². The molecule has 1 saturated carbocycles. The number of nitrogens with one attached hydrogen (secondary N) is 1. The first kappa shape index (κ1) is 28.4. The predicted octanol–water partition coefficient (Wildman–Crippen LogP) is 5.24. The van der Waals surface area contributed by atoms with Gasteiger partial charge in [0.2, 0.25) is 5.91 Å². The number of alkyl halides is 3. The van der Waals surface area contributed by atoms with Gasteiger partial charge in [-0.15, -0.1) is 0 Å². The lowest BCUT2D eigenvalue weighted by molar-refractivity contribution is -0.142. The fourth-order valence-corrected chi connectivity index (χ4v) is 5.91. The molecule has 0 saturated heterocycles. The zero-order chi connectivity index (χ0) is 30.6. The average molecular weight is 600 g/mol. The Hall–Kier alpha value is -4.68. The molecule has 2 heterocycles. The van der Waals surface area contributed by atoms with Crippen LogP contribution in [0.15, 0.2) is 54.7 Å². The molecule has 2 amide bonds. The number of primary amides is 1. The Bertz CT molecular complexity index is 1750. The van der Waals surface area contributed by atoms with Crippen LogP contribution in [-0.4, -0.2) is 26.6 Å². The van der Waals surface area contributed by atoms with Crippen LogP contribution in [0.2, 0.25) is 0 Å². The maximum absolute atomic E-state index is 14.2. The second-order valence-electron chi connectivity index (χ2n) is 10.8. The van der Waals surface area contributed by atoms with Gasteiger partial charge in [-0.25, -0.2) is 13.2 Å². The third kappa shape index (κ3) is 5.58. The predicted molar refractivity (Wildman–Crippen MR) is 141 cm³/mol. The van der Waals surface area contributed by atoms with Crippen molar-refractivity contribution in [2.45, 2.75) is 43.9 Å². The number of rotatable bonds is 8. The van der Waals surface area contributed by atoms with Crippen molar-refractivity contribution >= 4 is 11.8 Å². The molecule has 7 nitrogen and oxygen atoms in total. The zero-order valence-corrected chi connectivity index (χ0v) is 22.3. The lowest BCUT2D eigenvalue weighted by atomic mass is 9.94. The summed E-state index contributed by atoms with van der Waals surface area (Å²) in [6.45, 7) is -0.531. The Morgan fingerprint density at radius 3 is 2.51 bits per heavy atom. The monoisotopic (exact) mass is 599 g/mol. The molecule has 2 aliphatic rings. The van der Waals surface area contributed by atoms with Gasteiger partial charge in [0.1, 0.15) is 24.0 Å². The molecule has 1 fully saturated rings. The van der Waals surface area contributed by atoms with Crippen molar-refractivity contribution in [3.63, 3.8) is 0 Å². The van der Waals surface area contributed by atoms with E-state index in [1.165, 1.54) is 18.3 Å². The number of hydrogen-bond donors (Lipinski definition) is 2. The highest BCUT2D eigenvalue weighted by atomic mass is 19.4. The van der Waals surface area contributed by atoms with Crippen molar-refractivity contribution in [1.29, 1.82) is 0 Å². The molecule has 43 heavy (non-hydrogen) atoms. The molecule has 0 spiro atoms. The van der Waals surface area contributed by atoms with Gasteiger partial charge < -0.3 is 11.1 Å². The molecule has 2 aromatic carbocycles. The van der Waals surface area contributed by atoms with Crippen LogP contribution < -0.4 is 11.1 Å². The first-order valence-corrected chi connectivity index (χ1v) is 13.3. The summed E-state index contributed by atoms with van der Waals surface area (Å²) in [7, 11) is 0. The summed E-state index contributed by atoms with van der Waals surface area (Å²) >= 11 is 0. The number of nitrogens with two attached hydrogens (primary N) is 1. The molecule has 3 N–H and O–H groups in total. The van der Waals surface area contributed by atoms with E-state index in [-0.39, 0.29) is 40.6 Å². The van der Waals surface area contributed by atoms with Crippen molar-refractivity contribution in [3.8, 4) is 11.1 Å². The standard InChI is InChI=1S/C30H23F6N5O2/c31-17-6-14(7-18(32)12-17)8-23(27-19(2-1-5-38-27)15-3-4-22(33)21(9-15)29(37)43)39-25(42)13-41-24-11-16-10-20(16)26(24)28(40-41)30(34,35)36/h1-7,9,12,16,20,23H,8,10-11,13H2,(H2,37,43)(H,39,42)/t16-,20-,23-/m0/s1. The van der Waals surface area contributed by atoms with Crippen LogP contribution in [0.1, 0.15) is 56.9 Å². The molecule has 0 aliphatic heterocycles. The first-order chi connectivity index (χ1) is 20.4. The summed E-state index contributed by atoms with van der Waals surface area (Å²) in [5, 5.41) is 6.48. The molecule has 4 aromatic rings. The lowest BCUT2D eigenvalue weighted by Gasteiger charge is -2.22. The fourth-order valence-electron chi connectivity index (χ4n) is 5.91. The van der Waals surface area contributed by atoms with Crippen molar-refractivity contribution in [1.82, 2.24) is 20.1 Å². The zero-order valence-electron chi connectivity index (χ0n) is 22.3. The van der Waals surface area contributed by atoms with Crippen LogP contribution in [0.3, 0.4) is 0 Å². The fraction of sp³-hybridized carbons (Fsp3) is 0.267. The third-order valence-corrected chi connectivity index (χ3v) is 7.82. The van der Waals surface area contributed by atoms with Gasteiger partial charge in [0.15, 0.2) is 5.69 Å². The molecule has 6 rings (SSSR count). The van der Waals surface area contributed by atoms with E-state index in [0.717, 1.165) is 22.9 Å². The molecular weight excluding hydrogens is 576 g/mol. The van der Waals surface area contributed by atoms with E-state index < -0.39 is 53.7 Å². The van der Waals surface area contributed by atoms with Gasteiger partial charge in [0.05, 0.1) is 17.3 Å². The minimum absolute atomic E-state index is 0.108. The maximum atomic E-state index is 14.2. The number of fused-ring (bicyclic) bond motifs is 3. The summed E-state index contributed by atoms with van der Waals surface area (Å²) in [4.78, 5) is 29.5. The molecule has 3 atom stereocenters. The quantitative estimate of drug-likeness (QED) is 0.271. The number of hydrogen-bond acceptors (Lipinski definition) is 4. The molecule has 13 heteroatoms. The number of aromatic nitrogens is 3. The minimum Gasteiger partial charge on any atom is -0.366 e. The van der Waals surface area contributed by atoms with Gasteiger partial charge in [-0.1, -0.05) is 12.1 Å². The summed E-state index contributed by atoms with van der Waals surface area (Å²) < 4.78 is 84.6. The Balaban J connectivity index is 1.36. The van der Waals surface area contributed by atoms with Gasteiger partial charge in [-0.05, 0) is 72.6 Å². The van der Waals surface area contributed by atoms with E-state index in [1.807, 2.05) is 0 Å². The molecular formula is C30H23F6N5O2. The summed E-state index contributed by atoms with van der Waals surface area (Å²) in [6, 6.07) is 8.59. The third-order valence-electron chi connectivity index (χ3n) is 7.82. The highest BCUT2D eigenvalue weighted by Crippen LogP contribution is 2.59. The van der Waals surface area contributed by atoms with Crippen LogP contribution in [0.4, 0.5) is 26.3 Å². The molecule has 2 aromatic heterocycles. The number of carbonyl (C=O) groups is 2. The van der Waals surface area contributed by atoms with E-state index in [2.05, 4.69) is 15.4 Å². The second kappa shape index (κ2) is 10.5. The average Bonchev–Trinajstić information content (AvgIpc) is 3.45. The maximum Gasteiger partial charge on any atom is 0.435 e. The van der Waals surface area contributed by atoms with E-state index in [0.29, 0.717) is 35.7 Å². The Labute approximate surface area is 240 Å². The Morgan fingerprint density at radius 2 is 1.81 bits per heavy atom. The number of halogens is 6. The Kier molecular flexibility index (Phi) is 6.98. The second-order valence-corrected chi connectivity index (χ2v) is 10.8. The van der Waals surface area contributed by atoms with Crippen LogP contribution in [-0.2, 0) is 30.4 Å². The smallest absolute Gasteiger partial charge is 0.366 e. The van der Waals surface area contributed by atoms with Crippen LogP contribution in [0, 0.1) is 23.4 Å². The van der Waals surface area contributed by atoms with Crippen molar-refractivity contribution < 1.29 is 35.9 Å². The molecule has 0 bridgehead atoms. The lowest BCUT2D eigenvalue weighted by Crippen LogP contribution is -2.34. The number of pyridine rings is 1. The van der Waals surface area contributed by atoms with E-state index in [1.54, 1.807) is 12.1 Å². The molecule has 0 unspecified atom stereocenters. The molecule has 0 radical (unpaired) electrons. The highest BCUT2D eigenvalue weighted by Gasteiger charge is 2.53. The van der Waals surface area contributed by atoms with Crippen LogP contribution in [0.5, 0.6) is 0 Å². The minimum atomic E-state index is -4.67. The largest absolute Gasteiger partial charge is 0.435 e. The van der Waals surface area contributed by atoms with Gasteiger partial charge >= 0.3 is 6.18 Å². The van der Waals surface area contributed by atoms with Gasteiger partial charge in [0, 0.05) is 29.1 Å².